The van der Waals surface area contributed by atoms with Crippen molar-refractivity contribution in [3.63, 3.8) is 0 Å². The van der Waals surface area contributed by atoms with E-state index in [-0.39, 0.29) is 0 Å². The number of hydrogen-bond acceptors (Lipinski definition) is 1. The number of alkyl halides is 1. The van der Waals surface area contributed by atoms with E-state index in [2.05, 4.69) is 43.0 Å². The van der Waals surface area contributed by atoms with Gasteiger partial charge in [-0.1, -0.05) is 26.0 Å². The van der Waals surface area contributed by atoms with Gasteiger partial charge in [-0.25, -0.2) is 0 Å². The Kier molecular flexibility index (Phi) is 2.92. The Hall–Kier alpha value is -0.690. The molecule has 0 amide bonds. The van der Waals surface area contributed by atoms with Gasteiger partial charge in [-0.3, -0.25) is 0 Å². The molecule has 0 bridgehead atoms. The van der Waals surface area contributed by atoms with Gasteiger partial charge < -0.3 is 4.90 Å². The van der Waals surface area contributed by atoms with Crippen LogP contribution in [0.25, 0.3) is 0 Å². The first-order chi connectivity index (χ1) is 7.11. The highest BCUT2D eigenvalue weighted by Gasteiger charge is 2.28. The molecule has 82 valence electrons. The van der Waals surface area contributed by atoms with Gasteiger partial charge in [0.1, 0.15) is 0 Å². The van der Waals surface area contributed by atoms with Crippen LogP contribution in [0.2, 0.25) is 0 Å². The molecule has 0 saturated carbocycles. The predicted molar refractivity (Wildman–Crippen MR) is 66.6 cm³/mol. The molecule has 1 fully saturated rings. The summed E-state index contributed by atoms with van der Waals surface area (Å²) >= 11 is 5.77. The molecule has 1 aliphatic heterocycles. The van der Waals surface area contributed by atoms with Crippen molar-refractivity contribution in [1.29, 1.82) is 0 Å². The van der Waals surface area contributed by atoms with Crippen molar-refractivity contribution in [3.05, 3.63) is 29.8 Å². The van der Waals surface area contributed by atoms with E-state index in [1.807, 2.05) is 0 Å². The molecule has 0 unspecified atom stereocenters. The van der Waals surface area contributed by atoms with Crippen molar-refractivity contribution in [2.75, 3.05) is 18.0 Å². The minimum Gasteiger partial charge on any atom is -0.371 e. The van der Waals surface area contributed by atoms with E-state index < -0.39 is 0 Å². The van der Waals surface area contributed by atoms with E-state index in [9.17, 15) is 0 Å². The van der Waals surface area contributed by atoms with Crippen molar-refractivity contribution >= 4 is 17.3 Å². The van der Waals surface area contributed by atoms with Crippen molar-refractivity contribution in [2.45, 2.75) is 26.1 Å². The first kappa shape index (κ1) is 10.8. The Balaban J connectivity index is 2.11. The van der Waals surface area contributed by atoms with Gasteiger partial charge in [0.2, 0.25) is 0 Å². The number of benzene rings is 1. The third-order valence-corrected chi connectivity index (χ3v) is 3.44. The first-order valence-corrected chi connectivity index (χ1v) is 6.04. The first-order valence-electron chi connectivity index (χ1n) is 5.51. The normalized spacial score (nSPS) is 19.5. The van der Waals surface area contributed by atoms with E-state index in [4.69, 9.17) is 11.6 Å². The molecule has 0 aliphatic carbocycles. The summed E-state index contributed by atoms with van der Waals surface area (Å²) in [5.41, 5.74) is 2.99. The van der Waals surface area contributed by atoms with Crippen LogP contribution in [0.4, 0.5) is 5.69 Å². The fourth-order valence-electron chi connectivity index (χ4n) is 2.13. The second-order valence-corrected chi connectivity index (χ2v) is 5.40. The summed E-state index contributed by atoms with van der Waals surface area (Å²) in [6, 6.07) is 8.60. The maximum atomic E-state index is 5.77. The van der Waals surface area contributed by atoms with Crippen molar-refractivity contribution in [1.82, 2.24) is 0 Å². The Morgan fingerprint density at radius 3 is 2.40 bits per heavy atom. The van der Waals surface area contributed by atoms with E-state index in [1.165, 1.54) is 24.2 Å². The number of anilines is 1. The molecule has 0 radical (unpaired) electrons. The Morgan fingerprint density at radius 2 is 1.93 bits per heavy atom. The molecule has 0 atom stereocenters. The molecule has 1 aromatic carbocycles. The topological polar surface area (TPSA) is 3.24 Å². The van der Waals surface area contributed by atoms with Crippen LogP contribution in [0.3, 0.4) is 0 Å². The van der Waals surface area contributed by atoms with Crippen LogP contribution in [0.15, 0.2) is 24.3 Å². The minimum atomic E-state index is 0.463. The number of halogens is 1. The molecular formula is C13H18ClN. The summed E-state index contributed by atoms with van der Waals surface area (Å²) < 4.78 is 0. The second-order valence-electron chi connectivity index (χ2n) is 5.14. The van der Waals surface area contributed by atoms with Crippen LogP contribution in [-0.2, 0) is 5.88 Å². The van der Waals surface area contributed by atoms with Gasteiger partial charge in [-0.2, -0.15) is 0 Å². The summed E-state index contributed by atoms with van der Waals surface area (Å²) in [5, 5.41) is 0. The summed E-state index contributed by atoms with van der Waals surface area (Å²) in [5.74, 6) is 0.603. The molecule has 1 nitrogen and oxygen atoms in total. The van der Waals surface area contributed by atoms with Crippen LogP contribution in [0.1, 0.15) is 25.8 Å². The molecular weight excluding hydrogens is 206 g/mol. The summed E-state index contributed by atoms with van der Waals surface area (Å²) in [4.78, 5) is 2.46. The van der Waals surface area contributed by atoms with E-state index in [1.54, 1.807) is 0 Å². The number of hydrogen-bond donors (Lipinski definition) is 0. The summed E-state index contributed by atoms with van der Waals surface area (Å²) in [6.07, 6.45) is 1.28. The third-order valence-electron chi connectivity index (χ3n) is 3.13. The number of nitrogens with zero attached hydrogens (tertiary/aromatic N) is 1. The van der Waals surface area contributed by atoms with Gasteiger partial charge in [-0.05, 0) is 29.5 Å². The molecule has 0 aromatic heterocycles. The Bertz CT molecular complexity index is 329. The van der Waals surface area contributed by atoms with Gasteiger partial charge in [0, 0.05) is 24.7 Å². The van der Waals surface area contributed by atoms with E-state index in [0.29, 0.717) is 11.3 Å². The van der Waals surface area contributed by atoms with Gasteiger partial charge >= 0.3 is 0 Å². The molecule has 0 spiro atoms. The fraction of sp³-hybridized carbons (Fsp3) is 0.538. The smallest absolute Gasteiger partial charge is 0.0474 e. The zero-order valence-corrected chi connectivity index (χ0v) is 10.2. The van der Waals surface area contributed by atoms with Crippen molar-refractivity contribution in [2.24, 2.45) is 5.41 Å². The molecule has 2 rings (SSSR count). The lowest BCUT2D eigenvalue weighted by atomic mass is 9.93. The summed E-state index contributed by atoms with van der Waals surface area (Å²) in [7, 11) is 0. The van der Waals surface area contributed by atoms with Crippen molar-refractivity contribution < 1.29 is 0 Å². The lowest BCUT2D eigenvalue weighted by molar-refractivity contribution is 0.418. The van der Waals surface area contributed by atoms with Crippen LogP contribution >= 0.6 is 11.6 Å². The van der Waals surface area contributed by atoms with Gasteiger partial charge in [-0.15, -0.1) is 11.6 Å². The highest BCUT2D eigenvalue weighted by molar-refractivity contribution is 6.17. The van der Waals surface area contributed by atoms with E-state index >= 15 is 0 Å². The average Bonchev–Trinajstić information content (AvgIpc) is 2.59. The van der Waals surface area contributed by atoms with Gasteiger partial charge in [0.15, 0.2) is 0 Å². The lowest BCUT2D eigenvalue weighted by Gasteiger charge is -2.21. The van der Waals surface area contributed by atoms with Crippen molar-refractivity contribution in [3.8, 4) is 0 Å². The zero-order chi connectivity index (χ0) is 10.9. The minimum absolute atomic E-state index is 0.463. The maximum absolute atomic E-state index is 5.77. The lowest BCUT2D eigenvalue weighted by Crippen LogP contribution is -2.22. The third kappa shape index (κ3) is 2.46. The molecule has 1 aromatic rings. The van der Waals surface area contributed by atoms with E-state index in [0.717, 1.165) is 6.54 Å². The maximum Gasteiger partial charge on any atom is 0.0474 e. The standard InChI is InChI=1S/C13H18ClN/c1-13(2)7-8-15(10-13)12-5-3-11(9-14)4-6-12/h3-6H,7-10H2,1-2H3. The monoisotopic (exact) mass is 223 g/mol. The molecule has 2 heteroatoms. The van der Waals surface area contributed by atoms with Gasteiger partial charge in [0.25, 0.3) is 0 Å². The molecule has 1 heterocycles. The highest BCUT2D eigenvalue weighted by Crippen LogP contribution is 2.32. The van der Waals surface area contributed by atoms with Crippen LogP contribution in [0.5, 0.6) is 0 Å². The summed E-state index contributed by atoms with van der Waals surface area (Å²) in [6.45, 7) is 7.00. The SMILES string of the molecule is CC1(C)CCN(c2ccc(CCl)cc2)C1. The number of rotatable bonds is 2. The highest BCUT2D eigenvalue weighted by atomic mass is 35.5. The average molecular weight is 224 g/mol. The molecule has 1 aliphatic rings. The van der Waals surface area contributed by atoms with Crippen LogP contribution in [0, 0.1) is 5.41 Å². The van der Waals surface area contributed by atoms with Crippen LogP contribution in [-0.4, -0.2) is 13.1 Å². The molecule has 15 heavy (non-hydrogen) atoms. The zero-order valence-electron chi connectivity index (χ0n) is 9.46. The van der Waals surface area contributed by atoms with Crippen LogP contribution < -0.4 is 4.90 Å². The predicted octanol–water partition coefficient (Wildman–Crippen LogP) is 3.66. The Labute approximate surface area is 97.0 Å². The Morgan fingerprint density at radius 1 is 1.27 bits per heavy atom. The molecule has 1 saturated heterocycles. The fourth-order valence-corrected chi connectivity index (χ4v) is 2.31. The quantitative estimate of drug-likeness (QED) is 0.692. The van der Waals surface area contributed by atoms with Gasteiger partial charge in [0.05, 0.1) is 0 Å². The second kappa shape index (κ2) is 4.05. The largest absolute Gasteiger partial charge is 0.371 e. The molecule has 0 N–H and O–H groups in total.